The number of phenolic OH excluding ortho intramolecular Hbond substituents is 2. The first kappa shape index (κ1) is 24.3. The van der Waals surface area contributed by atoms with Crippen molar-refractivity contribution in [3.05, 3.63) is 71.0 Å². The van der Waals surface area contributed by atoms with E-state index in [1.54, 1.807) is 36.4 Å². The minimum absolute atomic E-state index is 0.0191. The number of rotatable bonds is 10. The van der Waals surface area contributed by atoms with Crippen LogP contribution in [0.25, 0.3) is 0 Å². The fourth-order valence-corrected chi connectivity index (χ4v) is 2.78. The zero-order chi connectivity index (χ0) is 26.0. The molecule has 0 aliphatic heterocycles. The van der Waals surface area contributed by atoms with Gasteiger partial charge in [-0.25, -0.2) is 9.26 Å². The molecule has 16 heteroatoms. The van der Waals surface area contributed by atoms with Gasteiger partial charge in [-0.3, -0.25) is 21.7 Å². The summed E-state index contributed by atoms with van der Waals surface area (Å²) in [4.78, 5) is 0. The smallest absolute Gasteiger partial charge is 0.203 e. The van der Waals surface area contributed by atoms with Crippen LogP contribution in [-0.4, -0.2) is 61.6 Å². The van der Waals surface area contributed by atoms with Gasteiger partial charge in [-0.05, 0) is 44.9 Å². The van der Waals surface area contributed by atoms with Gasteiger partial charge in [-0.1, -0.05) is 24.3 Å². The predicted octanol–water partition coefficient (Wildman–Crippen LogP) is 1.24. The maximum absolute atomic E-state index is 9.76. The molecule has 0 unspecified atom stereocenters. The van der Waals surface area contributed by atoms with Crippen molar-refractivity contribution >= 4 is 35.7 Å². The largest absolute Gasteiger partial charge is 0.507 e. The number of benzene rings is 2. The number of phenols is 2. The van der Waals surface area contributed by atoms with Crippen molar-refractivity contribution in [1.29, 1.82) is 10.8 Å². The lowest BCUT2D eigenvalue weighted by molar-refractivity contribution is 0.307. The van der Waals surface area contributed by atoms with Gasteiger partial charge in [0.05, 0.1) is 19.1 Å². The molecule has 0 radical (unpaired) electrons. The molecule has 4 rings (SSSR count). The molecule has 8 N–H and O–H groups in total. The first-order valence-corrected chi connectivity index (χ1v) is 10.5. The highest BCUT2D eigenvalue weighted by Gasteiger charge is 2.17. The standard InChI is InChI=1S/C21H20N12O4/c22-18(28-26-9-12-5-1-3-7-14(12)34)16-20(32-36-30-16)24-11-25-21-17(31-37-33-21)19(23)29-27-10-13-6-2-4-8-15(13)35/h1-10,34-35H,11H2,(H2,22,28)(H2,23,29)(H,24,32)(H,25,33)/b26-9+,27-10+. The number of nitrogens with zero attached hydrogens (tertiary/aromatic N) is 6. The maximum atomic E-state index is 9.76. The summed E-state index contributed by atoms with van der Waals surface area (Å²) in [5, 5.41) is 64.0. The van der Waals surface area contributed by atoms with E-state index < -0.39 is 0 Å². The van der Waals surface area contributed by atoms with Crippen LogP contribution in [0.2, 0.25) is 0 Å². The fourth-order valence-electron chi connectivity index (χ4n) is 2.78. The topological polar surface area (TPSA) is 239 Å². The second-order valence-corrected chi connectivity index (χ2v) is 7.06. The molecule has 2 heterocycles. The van der Waals surface area contributed by atoms with Gasteiger partial charge in [0.1, 0.15) is 11.5 Å². The second kappa shape index (κ2) is 11.6. The van der Waals surface area contributed by atoms with Gasteiger partial charge in [-0.2, -0.15) is 10.2 Å². The van der Waals surface area contributed by atoms with Crippen molar-refractivity contribution in [2.24, 2.45) is 10.2 Å². The van der Waals surface area contributed by atoms with Crippen LogP contribution in [-0.2, 0) is 0 Å². The third-order valence-electron chi connectivity index (χ3n) is 4.60. The summed E-state index contributed by atoms with van der Waals surface area (Å²) >= 11 is 0. The van der Waals surface area contributed by atoms with Crippen LogP contribution in [0, 0.1) is 10.8 Å². The van der Waals surface area contributed by atoms with E-state index in [1.165, 1.54) is 24.6 Å². The number of aromatic nitrogens is 4. The number of hydrogen-bond donors (Lipinski definition) is 8. The van der Waals surface area contributed by atoms with Crippen LogP contribution in [0.1, 0.15) is 22.5 Å². The van der Waals surface area contributed by atoms with Crippen LogP contribution in [0.15, 0.2) is 68.0 Å². The molecule has 0 bridgehead atoms. The molecular weight excluding hydrogens is 484 g/mol. The quantitative estimate of drug-likeness (QED) is 0.0658. The van der Waals surface area contributed by atoms with Crippen molar-refractivity contribution in [2.75, 3.05) is 17.3 Å². The predicted molar refractivity (Wildman–Crippen MR) is 132 cm³/mol. The first-order valence-electron chi connectivity index (χ1n) is 10.5. The molecule has 0 spiro atoms. The third kappa shape index (κ3) is 6.21. The number of anilines is 2. The first-order chi connectivity index (χ1) is 18.0. The normalized spacial score (nSPS) is 11.0. The fraction of sp³-hybridized carbons (Fsp3) is 0.0476. The van der Waals surface area contributed by atoms with Gasteiger partial charge in [-0.15, -0.1) is 0 Å². The molecule has 2 aromatic carbocycles. The minimum atomic E-state index is -0.215. The lowest BCUT2D eigenvalue weighted by atomic mass is 10.2. The number of amidine groups is 2. The van der Waals surface area contributed by atoms with E-state index in [9.17, 15) is 10.2 Å². The summed E-state index contributed by atoms with van der Waals surface area (Å²) in [5.41, 5.74) is 5.97. The second-order valence-electron chi connectivity index (χ2n) is 7.06. The average molecular weight is 504 g/mol. The number of nitrogens with one attached hydrogen (secondary N) is 6. The minimum Gasteiger partial charge on any atom is -0.507 e. The number of para-hydroxylation sites is 2. The zero-order valence-electron chi connectivity index (χ0n) is 18.9. The molecule has 0 saturated carbocycles. The molecule has 0 saturated heterocycles. The van der Waals surface area contributed by atoms with Gasteiger partial charge in [0.25, 0.3) is 0 Å². The summed E-state index contributed by atoms with van der Waals surface area (Å²) in [6, 6.07) is 13.2. The third-order valence-corrected chi connectivity index (χ3v) is 4.60. The molecule has 16 nitrogen and oxygen atoms in total. The Morgan fingerprint density at radius 2 is 1.16 bits per heavy atom. The Labute approximate surface area is 208 Å². The van der Waals surface area contributed by atoms with Crippen molar-refractivity contribution in [2.45, 2.75) is 0 Å². The summed E-state index contributed by atoms with van der Waals surface area (Å²) in [5.74, 6) is -0.0886. The van der Waals surface area contributed by atoms with Crippen LogP contribution in [0.3, 0.4) is 0 Å². The van der Waals surface area contributed by atoms with Crippen LogP contribution >= 0.6 is 0 Å². The monoisotopic (exact) mass is 504 g/mol. The SMILES string of the molecule is N=C(N/N=C/c1ccccc1O)c1nonc1NCNc1nonc1C(=N)N/N=C/c1ccccc1O. The maximum Gasteiger partial charge on any atom is 0.203 e. The van der Waals surface area contributed by atoms with Crippen LogP contribution in [0.4, 0.5) is 11.6 Å². The average Bonchev–Trinajstić information content (AvgIpc) is 3.56. The molecule has 0 amide bonds. The Bertz CT molecular complexity index is 1340. The molecule has 0 fully saturated rings. The van der Waals surface area contributed by atoms with E-state index in [-0.39, 0.29) is 52.9 Å². The Morgan fingerprint density at radius 3 is 1.59 bits per heavy atom. The Balaban J connectivity index is 1.29. The Morgan fingerprint density at radius 1 is 0.730 bits per heavy atom. The number of hydrazone groups is 2. The molecule has 0 aliphatic rings. The molecule has 188 valence electrons. The van der Waals surface area contributed by atoms with E-state index in [2.05, 4.69) is 52.3 Å². The van der Waals surface area contributed by atoms with Crippen molar-refractivity contribution in [1.82, 2.24) is 31.5 Å². The highest BCUT2D eigenvalue weighted by Crippen LogP contribution is 2.14. The van der Waals surface area contributed by atoms with Crippen LogP contribution < -0.4 is 21.5 Å². The van der Waals surface area contributed by atoms with Gasteiger partial charge in [0.2, 0.25) is 11.6 Å². The lowest BCUT2D eigenvalue weighted by Gasteiger charge is -2.06. The summed E-state index contributed by atoms with van der Waals surface area (Å²) < 4.78 is 9.40. The summed E-state index contributed by atoms with van der Waals surface area (Å²) in [6.07, 6.45) is 2.70. The lowest BCUT2D eigenvalue weighted by Crippen LogP contribution is -2.23. The Kier molecular flexibility index (Phi) is 7.60. The van der Waals surface area contributed by atoms with E-state index >= 15 is 0 Å². The summed E-state index contributed by atoms with van der Waals surface area (Å²) in [7, 11) is 0. The van der Waals surface area contributed by atoms with E-state index in [1.807, 2.05) is 0 Å². The van der Waals surface area contributed by atoms with E-state index in [0.29, 0.717) is 11.1 Å². The van der Waals surface area contributed by atoms with Crippen molar-refractivity contribution < 1.29 is 19.5 Å². The van der Waals surface area contributed by atoms with Crippen molar-refractivity contribution in [3.63, 3.8) is 0 Å². The Hall–Kier alpha value is -5.80. The molecule has 4 aromatic rings. The molecule has 37 heavy (non-hydrogen) atoms. The summed E-state index contributed by atoms with van der Waals surface area (Å²) in [6.45, 7) is 0.0191. The van der Waals surface area contributed by atoms with Gasteiger partial charge >= 0.3 is 0 Å². The van der Waals surface area contributed by atoms with E-state index in [4.69, 9.17) is 20.1 Å². The highest BCUT2D eigenvalue weighted by atomic mass is 16.6. The molecule has 0 aliphatic carbocycles. The highest BCUT2D eigenvalue weighted by molar-refractivity contribution is 6.00. The van der Waals surface area contributed by atoms with Gasteiger partial charge < -0.3 is 20.8 Å². The van der Waals surface area contributed by atoms with Crippen LogP contribution in [0.5, 0.6) is 11.5 Å². The van der Waals surface area contributed by atoms with Gasteiger partial charge in [0.15, 0.2) is 23.1 Å². The molecular formula is C21H20N12O4. The zero-order valence-corrected chi connectivity index (χ0v) is 18.9. The molecule has 0 atom stereocenters. The number of hydrogen-bond acceptors (Lipinski definition) is 14. The van der Waals surface area contributed by atoms with E-state index in [0.717, 1.165) is 0 Å². The van der Waals surface area contributed by atoms with Crippen molar-refractivity contribution in [3.8, 4) is 11.5 Å². The molecule has 2 aromatic heterocycles. The van der Waals surface area contributed by atoms with Gasteiger partial charge in [0, 0.05) is 11.1 Å². The number of aromatic hydroxyl groups is 2.